The van der Waals surface area contributed by atoms with Crippen molar-refractivity contribution in [3.05, 3.63) is 22.7 Å². The number of methoxy groups -OCH3 is 1. The molecular formula is C20H29ClN4O4. The Labute approximate surface area is 176 Å². The average molecular weight is 425 g/mol. The second-order valence-corrected chi connectivity index (χ2v) is 7.85. The van der Waals surface area contributed by atoms with Crippen LogP contribution in [-0.4, -0.2) is 50.2 Å². The molecule has 3 N–H and O–H groups in total. The van der Waals surface area contributed by atoms with Gasteiger partial charge in [-0.2, -0.15) is 0 Å². The van der Waals surface area contributed by atoms with E-state index in [0.29, 0.717) is 42.1 Å². The van der Waals surface area contributed by atoms with Crippen LogP contribution < -0.4 is 25.6 Å². The lowest BCUT2D eigenvalue weighted by atomic mass is 10.2. The van der Waals surface area contributed by atoms with Gasteiger partial charge >= 0.3 is 6.03 Å². The number of carbonyl (C=O) groups is 2. The second-order valence-electron chi connectivity index (χ2n) is 7.44. The highest BCUT2D eigenvalue weighted by Gasteiger charge is 2.26. The second kappa shape index (κ2) is 10.7. The van der Waals surface area contributed by atoms with E-state index < -0.39 is 0 Å². The maximum atomic E-state index is 11.4. The molecule has 2 aliphatic rings. The summed E-state index contributed by atoms with van der Waals surface area (Å²) in [5.74, 6) is 1.70. The summed E-state index contributed by atoms with van der Waals surface area (Å²) >= 11 is 6.29. The van der Waals surface area contributed by atoms with Crippen molar-refractivity contribution in [1.82, 2.24) is 21.1 Å². The summed E-state index contributed by atoms with van der Waals surface area (Å²) in [6, 6.07) is 3.48. The van der Waals surface area contributed by atoms with Gasteiger partial charge in [0.2, 0.25) is 5.91 Å². The van der Waals surface area contributed by atoms with Gasteiger partial charge in [-0.1, -0.05) is 24.1 Å². The first-order valence-corrected chi connectivity index (χ1v) is 10.5. The van der Waals surface area contributed by atoms with Gasteiger partial charge in [0.15, 0.2) is 11.5 Å². The van der Waals surface area contributed by atoms with Crippen LogP contribution in [0.1, 0.15) is 37.7 Å². The normalized spacial score (nSPS) is 16.3. The van der Waals surface area contributed by atoms with Gasteiger partial charge in [-0.3, -0.25) is 21.0 Å². The molecule has 8 nitrogen and oxygen atoms in total. The van der Waals surface area contributed by atoms with Crippen LogP contribution in [0.15, 0.2) is 12.1 Å². The molecule has 1 saturated carbocycles. The Balaban J connectivity index is 1.33. The third kappa shape index (κ3) is 6.48. The summed E-state index contributed by atoms with van der Waals surface area (Å²) in [4.78, 5) is 24.1. The van der Waals surface area contributed by atoms with Crippen molar-refractivity contribution in [2.45, 2.75) is 38.6 Å². The Bertz CT molecular complexity index is 727. The zero-order chi connectivity index (χ0) is 20.6. The first kappa shape index (κ1) is 21.7. The summed E-state index contributed by atoms with van der Waals surface area (Å²) in [6.45, 7) is 2.84. The number of rotatable bonds is 13. The molecule has 0 aromatic heterocycles. The summed E-state index contributed by atoms with van der Waals surface area (Å²) in [5.41, 5.74) is 7.37. The molecule has 29 heavy (non-hydrogen) atoms. The molecule has 0 spiro atoms. The van der Waals surface area contributed by atoms with E-state index in [1.165, 1.54) is 12.8 Å². The van der Waals surface area contributed by atoms with Crippen molar-refractivity contribution >= 4 is 23.5 Å². The molecule has 0 radical (unpaired) electrons. The summed E-state index contributed by atoms with van der Waals surface area (Å²) in [7, 11) is 1.63. The minimum absolute atomic E-state index is 0.175. The highest BCUT2D eigenvalue weighted by atomic mass is 35.5. The van der Waals surface area contributed by atoms with Crippen LogP contribution in [0.2, 0.25) is 5.02 Å². The third-order valence-corrected chi connectivity index (χ3v) is 5.31. The molecule has 1 heterocycles. The number of unbranched alkanes of at least 4 members (excludes halogenated alkanes) is 2. The first-order chi connectivity index (χ1) is 14.1. The van der Waals surface area contributed by atoms with Gasteiger partial charge in [0.1, 0.15) is 6.54 Å². The number of urea groups is 1. The number of hydrogen-bond donors (Lipinski definition) is 3. The Kier molecular flexibility index (Phi) is 7.97. The molecule has 1 saturated heterocycles. The number of ether oxygens (including phenoxy) is 2. The van der Waals surface area contributed by atoms with Crippen molar-refractivity contribution in [2.24, 2.45) is 5.92 Å². The molecule has 0 bridgehead atoms. The SMILES string of the molecule is COc1c(CNNCCCCCN2CC(=O)NC2=O)ccc(Cl)c1OCC1CC1. The van der Waals surface area contributed by atoms with Crippen molar-refractivity contribution in [3.63, 3.8) is 0 Å². The monoisotopic (exact) mass is 424 g/mol. The van der Waals surface area contributed by atoms with Crippen molar-refractivity contribution < 1.29 is 19.1 Å². The maximum Gasteiger partial charge on any atom is 0.324 e. The lowest BCUT2D eigenvalue weighted by Crippen LogP contribution is -2.32. The van der Waals surface area contributed by atoms with E-state index in [1.807, 2.05) is 12.1 Å². The topological polar surface area (TPSA) is 91.9 Å². The van der Waals surface area contributed by atoms with Crippen molar-refractivity contribution in [3.8, 4) is 11.5 Å². The lowest BCUT2D eigenvalue weighted by molar-refractivity contribution is -0.118. The molecule has 1 aliphatic heterocycles. The van der Waals surface area contributed by atoms with E-state index in [2.05, 4.69) is 16.2 Å². The van der Waals surface area contributed by atoms with E-state index >= 15 is 0 Å². The van der Waals surface area contributed by atoms with Gasteiger partial charge in [0, 0.05) is 25.2 Å². The zero-order valence-corrected chi connectivity index (χ0v) is 17.5. The van der Waals surface area contributed by atoms with Gasteiger partial charge in [-0.15, -0.1) is 0 Å². The molecule has 160 valence electrons. The highest BCUT2D eigenvalue weighted by molar-refractivity contribution is 6.32. The standard InChI is InChI=1S/C20H29ClN4O4/c1-28-18-15(7-8-16(21)19(18)29-13-14-5-6-14)11-23-22-9-3-2-4-10-25-12-17(26)24-20(25)27/h7-8,14,22-23H,2-6,9-13H2,1H3,(H,24,26,27). The van der Waals surface area contributed by atoms with E-state index in [0.717, 1.165) is 31.4 Å². The van der Waals surface area contributed by atoms with Crippen LogP contribution in [0.4, 0.5) is 4.79 Å². The number of benzene rings is 1. The number of hydrogen-bond acceptors (Lipinski definition) is 6. The minimum atomic E-state index is -0.285. The summed E-state index contributed by atoms with van der Waals surface area (Å²) in [5, 5.41) is 2.85. The summed E-state index contributed by atoms with van der Waals surface area (Å²) in [6.07, 6.45) is 5.23. The number of nitrogens with zero attached hydrogens (tertiary/aromatic N) is 1. The number of nitrogens with one attached hydrogen (secondary N) is 3. The third-order valence-electron chi connectivity index (χ3n) is 5.01. The molecule has 9 heteroatoms. The molecule has 3 rings (SSSR count). The van der Waals surface area contributed by atoms with Crippen LogP contribution in [0.5, 0.6) is 11.5 Å². The average Bonchev–Trinajstić information content (AvgIpc) is 3.47. The van der Waals surface area contributed by atoms with Gasteiger partial charge in [-0.05, 0) is 37.7 Å². The van der Waals surface area contributed by atoms with Crippen LogP contribution in [0.3, 0.4) is 0 Å². The Hall–Kier alpha value is -2.03. The highest BCUT2D eigenvalue weighted by Crippen LogP contribution is 2.39. The quantitative estimate of drug-likeness (QED) is 0.256. The number of amides is 3. The van der Waals surface area contributed by atoms with Gasteiger partial charge < -0.3 is 14.4 Å². The molecule has 3 amide bonds. The smallest absolute Gasteiger partial charge is 0.324 e. The van der Waals surface area contributed by atoms with E-state index in [4.69, 9.17) is 21.1 Å². The fourth-order valence-corrected chi connectivity index (χ4v) is 3.37. The van der Waals surface area contributed by atoms with Gasteiger partial charge in [-0.25, -0.2) is 4.79 Å². The lowest BCUT2D eigenvalue weighted by Gasteiger charge is -2.16. The van der Waals surface area contributed by atoms with Crippen LogP contribution in [0, 0.1) is 5.92 Å². The van der Waals surface area contributed by atoms with Crippen molar-refractivity contribution in [1.29, 1.82) is 0 Å². The van der Waals surface area contributed by atoms with Gasteiger partial charge in [0.25, 0.3) is 0 Å². The Morgan fingerprint density at radius 2 is 2.00 bits per heavy atom. The zero-order valence-electron chi connectivity index (χ0n) is 16.8. The molecule has 2 fully saturated rings. The Morgan fingerprint density at radius 1 is 1.17 bits per heavy atom. The fourth-order valence-electron chi connectivity index (χ4n) is 3.17. The molecule has 1 aromatic rings. The largest absolute Gasteiger partial charge is 0.492 e. The van der Waals surface area contributed by atoms with E-state index in [1.54, 1.807) is 12.0 Å². The van der Waals surface area contributed by atoms with Crippen LogP contribution in [0.25, 0.3) is 0 Å². The van der Waals surface area contributed by atoms with E-state index in [9.17, 15) is 9.59 Å². The Morgan fingerprint density at radius 3 is 2.69 bits per heavy atom. The predicted molar refractivity (Wildman–Crippen MR) is 110 cm³/mol. The van der Waals surface area contributed by atoms with Crippen molar-refractivity contribution in [2.75, 3.05) is 33.4 Å². The number of imide groups is 1. The predicted octanol–water partition coefficient (Wildman–Crippen LogP) is 2.45. The number of halogens is 1. The van der Waals surface area contributed by atoms with Crippen LogP contribution in [-0.2, 0) is 11.3 Å². The molecule has 0 atom stereocenters. The molecule has 0 unspecified atom stereocenters. The number of hydrazine groups is 1. The van der Waals surface area contributed by atoms with Crippen LogP contribution >= 0.6 is 11.6 Å². The molecule has 1 aromatic carbocycles. The maximum absolute atomic E-state index is 11.4. The van der Waals surface area contributed by atoms with E-state index in [-0.39, 0.29) is 18.5 Å². The minimum Gasteiger partial charge on any atom is -0.492 e. The molecule has 1 aliphatic carbocycles. The number of carbonyl (C=O) groups excluding carboxylic acids is 2. The fraction of sp³-hybridized carbons (Fsp3) is 0.600. The molecular weight excluding hydrogens is 396 g/mol. The first-order valence-electron chi connectivity index (χ1n) is 10.1. The summed E-state index contributed by atoms with van der Waals surface area (Å²) < 4.78 is 11.4. The van der Waals surface area contributed by atoms with Gasteiger partial charge in [0.05, 0.1) is 18.7 Å².